The molecule has 2 saturated heterocycles. The Bertz CT molecular complexity index is 1210. The van der Waals surface area contributed by atoms with Crippen LogP contribution in [0.2, 0.25) is 0 Å². The Balaban J connectivity index is 1.42. The molecule has 0 aliphatic carbocycles. The molecule has 4 rings (SSSR count). The van der Waals surface area contributed by atoms with Crippen LogP contribution in [0.5, 0.6) is 0 Å². The van der Waals surface area contributed by atoms with Crippen LogP contribution in [-0.2, 0) is 47.5 Å². The third kappa shape index (κ3) is 8.09. The van der Waals surface area contributed by atoms with Gasteiger partial charge >= 0.3 is 24.0 Å². The average Bonchev–Trinajstić information content (AvgIpc) is 3.60. The summed E-state index contributed by atoms with van der Waals surface area (Å²) < 4.78 is 39.1. The Hall–Kier alpha value is -4.08. The minimum absolute atomic E-state index is 0.0178. The van der Waals surface area contributed by atoms with E-state index in [-0.39, 0.29) is 33.0 Å². The van der Waals surface area contributed by atoms with Gasteiger partial charge in [0.05, 0.1) is 37.5 Å². The van der Waals surface area contributed by atoms with E-state index < -0.39 is 66.5 Å². The van der Waals surface area contributed by atoms with Gasteiger partial charge in [0.2, 0.25) is 0 Å². The lowest BCUT2D eigenvalue weighted by molar-refractivity contribution is -0.306. The van der Waals surface area contributed by atoms with Crippen molar-refractivity contribution in [3.8, 4) is 0 Å². The third-order valence-electron chi connectivity index (χ3n) is 7.09. The van der Waals surface area contributed by atoms with E-state index in [0.717, 1.165) is 31.6 Å². The molecule has 1 aromatic rings. The van der Waals surface area contributed by atoms with Crippen molar-refractivity contribution < 1.29 is 61.9 Å². The summed E-state index contributed by atoms with van der Waals surface area (Å²) in [4.78, 5) is 76.3. The lowest BCUT2D eigenvalue weighted by Gasteiger charge is -2.44. The molecular formula is C29H36N2O13. The Morgan fingerprint density at radius 1 is 0.795 bits per heavy atom. The molecule has 0 radical (unpaired) electrons. The number of likely N-dealkylation sites (tertiary alicyclic amines) is 1. The molecule has 240 valence electrons. The summed E-state index contributed by atoms with van der Waals surface area (Å²) >= 11 is 0. The lowest BCUT2D eigenvalue weighted by atomic mass is 9.98. The van der Waals surface area contributed by atoms with Crippen LogP contribution in [0.15, 0.2) is 24.3 Å². The number of esters is 3. The molecule has 44 heavy (non-hydrogen) atoms. The quantitative estimate of drug-likeness (QED) is 0.141. The predicted molar refractivity (Wildman–Crippen MR) is 146 cm³/mol. The van der Waals surface area contributed by atoms with Crippen LogP contribution in [0, 0.1) is 0 Å². The highest BCUT2D eigenvalue weighted by Gasteiger charge is 2.53. The van der Waals surface area contributed by atoms with Gasteiger partial charge in [-0.05, 0) is 25.0 Å². The van der Waals surface area contributed by atoms with Crippen LogP contribution in [0.25, 0.3) is 0 Å². The van der Waals surface area contributed by atoms with E-state index in [1.807, 2.05) is 0 Å². The SMILES string of the molecule is CC(=O)OCC1OC(OCCOCCN2C(=O)c3ccccc3C2=O)C(OC(=O)N2CCCC2)C(OC(C)=O)C1OC(C)=O. The van der Waals surface area contributed by atoms with E-state index in [2.05, 4.69) is 0 Å². The van der Waals surface area contributed by atoms with Crippen molar-refractivity contribution in [3.63, 3.8) is 0 Å². The first-order chi connectivity index (χ1) is 21.1. The van der Waals surface area contributed by atoms with E-state index in [1.165, 1.54) is 11.8 Å². The lowest BCUT2D eigenvalue weighted by Crippen LogP contribution is -2.63. The molecule has 5 atom stereocenters. The summed E-state index contributed by atoms with van der Waals surface area (Å²) in [6.45, 7) is 3.93. The summed E-state index contributed by atoms with van der Waals surface area (Å²) in [5.74, 6) is -2.93. The number of rotatable bonds is 12. The molecular weight excluding hydrogens is 584 g/mol. The Morgan fingerprint density at radius 3 is 2.00 bits per heavy atom. The molecule has 2 fully saturated rings. The van der Waals surface area contributed by atoms with Gasteiger partial charge < -0.3 is 38.1 Å². The number of hydrogen-bond donors (Lipinski definition) is 0. The van der Waals surface area contributed by atoms with Crippen molar-refractivity contribution in [1.82, 2.24) is 9.80 Å². The fourth-order valence-corrected chi connectivity index (χ4v) is 5.15. The van der Waals surface area contributed by atoms with Crippen molar-refractivity contribution in [2.45, 2.75) is 64.3 Å². The van der Waals surface area contributed by atoms with Gasteiger partial charge in [0.25, 0.3) is 11.8 Å². The number of hydrogen-bond acceptors (Lipinski definition) is 13. The molecule has 3 aliphatic rings. The summed E-state index contributed by atoms with van der Waals surface area (Å²) in [6, 6.07) is 6.54. The zero-order chi connectivity index (χ0) is 31.8. The van der Waals surface area contributed by atoms with Crippen molar-refractivity contribution in [2.24, 2.45) is 0 Å². The van der Waals surface area contributed by atoms with Gasteiger partial charge in [-0.25, -0.2) is 4.79 Å². The number of amides is 3. The predicted octanol–water partition coefficient (Wildman–Crippen LogP) is 1.07. The maximum absolute atomic E-state index is 13.0. The standard InChI is InChI=1S/C29H36N2O13/c1-17(32)40-16-22-23(41-18(2)33)24(42-19(3)34)25(44-29(37)30-10-6-7-11-30)28(43-22)39-15-14-38-13-12-31-26(35)20-8-4-5-9-21(20)27(31)36/h4-5,8-9,22-25,28H,6-7,10-16H2,1-3H3. The second-order valence-corrected chi connectivity index (χ2v) is 10.3. The number of imide groups is 1. The number of carbonyl (C=O) groups excluding carboxylic acids is 6. The number of fused-ring (bicyclic) bond motifs is 1. The average molecular weight is 621 g/mol. The van der Waals surface area contributed by atoms with E-state index >= 15 is 0 Å². The largest absolute Gasteiger partial charge is 0.463 e. The minimum Gasteiger partial charge on any atom is -0.463 e. The highest BCUT2D eigenvalue weighted by Crippen LogP contribution is 2.30. The number of carbonyl (C=O) groups is 6. The molecule has 15 heteroatoms. The second kappa shape index (κ2) is 15.1. The maximum Gasteiger partial charge on any atom is 0.410 e. The molecule has 3 amide bonds. The van der Waals surface area contributed by atoms with Crippen LogP contribution in [0.1, 0.15) is 54.3 Å². The summed E-state index contributed by atoms with van der Waals surface area (Å²) in [5, 5.41) is 0. The number of ether oxygens (including phenoxy) is 7. The summed E-state index contributed by atoms with van der Waals surface area (Å²) in [6.07, 6.45) is -5.64. The summed E-state index contributed by atoms with van der Waals surface area (Å²) in [7, 11) is 0. The summed E-state index contributed by atoms with van der Waals surface area (Å²) in [5.41, 5.74) is 0.671. The minimum atomic E-state index is -1.37. The fourth-order valence-electron chi connectivity index (χ4n) is 5.15. The van der Waals surface area contributed by atoms with Gasteiger partial charge in [-0.1, -0.05) is 12.1 Å². The van der Waals surface area contributed by atoms with E-state index in [9.17, 15) is 28.8 Å². The van der Waals surface area contributed by atoms with Crippen LogP contribution in [-0.4, -0.2) is 122 Å². The van der Waals surface area contributed by atoms with E-state index in [4.69, 9.17) is 33.2 Å². The van der Waals surface area contributed by atoms with Crippen molar-refractivity contribution in [2.75, 3.05) is 46.1 Å². The molecule has 15 nitrogen and oxygen atoms in total. The number of benzene rings is 1. The van der Waals surface area contributed by atoms with Crippen LogP contribution in [0.4, 0.5) is 4.79 Å². The Morgan fingerprint density at radius 2 is 1.41 bits per heavy atom. The molecule has 3 aliphatic heterocycles. The first-order valence-corrected chi connectivity index (χ1v) is 14.3. The van der Waals surface area contributed by atoms with Gasteiger partial charge in [0, 0.05) is 33.9 Å². The van der Waals surface area contributed by atoms with Crippen molar-refractivity contribution in [3.05, 3.63) is 35.4 Å². The highest BCUT2D eigenvalue weighted by atomic mass is 16.7. The Kier molecular flexibility index (Phi) is 11.3. The van der Waals surface area contributed by atoms with Gasteiger partial charge in [-0.3, -0.25) is 28.9 Å². The van der Waals surface area contributed by atoms with Gasteiger partial charge in [0.1, 0.15) is 12.7 Å². The zero-order valence-electron chi connectivity index (χ0n) is 24.8. The second-order valence-electron chi connectivity index (χ2n) is 10.3. The topological polar surface area (TPSA) is 174 Å². The number of nitrogens with zero attached hydrogens (tertiary/aromatic N) is 2. The fraction of sp³-hybridized carbons (Fsp3) is 0.586. The van der Waals surface area contributed by atoms with Crippen molar-refractivity contribution in [1.29, 1.82) is 0 Å². The van der Waals surface area contributed by atoms with Gasteiger partial charge in [0.15, 0.2) is 24.6 Å². The van der Waals surface area contributed by atoms with E-state index in [1.54, 1.807) is 24.3 Å². The molecule has 5 unspecified atom stereocenters. The van der Waals surface area contributed by atoms with Crippen molar-refractivity contribution >= 4 is 35.8 Å². The molecule has 1 aromatic carbocycles. The highest BCUT2D eigenvalue weighted by molar-refractivity contribution is 6.21. The molecule has 0 aromatic heterocycles. The first kappa shape index (κ1) is 32.8. The molecule has 3 heterocycles. The monoisotopic (exact) mass is 620 g/mol. The van der Waals surface area contributed by atoms with Gasteiger partial charge in [-0.2, -0.15) is 0 Å². The van der Waals surface area contributed by atoms with Gasteiger partial charge in [-0.15, -0.1) is 0 Å². The smallest absolute Gasteiger partial charge is 0.410 e. The normalized spacial score (nSPS) is 24.6. The van der Waals surface area contributed by atoms with E-state index in [0.29, 0.717) is 24.2 Å². The zero-order valence-corrected chi connectivity index (χ0v) is 24.8. The van der Waals surface area contributed by atoms with Crippen LogP contribution < -0.4 is 0 Å². The Labute approximate surface area is 253 Å². The van der Waals surface area contributed by atoms with Crippen LogP contribution in [0.3, 0.4) is 0 Å². The molecule has 0 N–H and O–H groups in total. The third-order valence-corrected chi connectivity index (χ3v) is 7.09. The molecule has 0 bridgehead atoms. The van der Waals surface area contributed by atoms with Crippen LogP contribution >= 0.6 is 0 Å². The first-order valence-electron chi connectivity index (χ1n) is 14.3. The maximum atomic E-state index is 13.0. The molecule has 0 spiro atoms. The molecule has 0 saturated carbocycles.